The van der Waals surface area contributed by atoms with E-state index in [4.69, 9.17) is 0 Å². The molecule has 3 saturated heterocycles. The van der Waals surface area contributed by atoms with Gasteiger partial charge in [-0.1, -0.05) is 13.0 Å². The summed E-state index contributed by atoms with van der Waals surface area (Å²) in [5, 5.41) is 0. The Morgan fingerprint density at radius 3 is 2.83 bits per heavy atom. The van der Waals surface area contributed by atoms with Gasteiger partial charge in [0.05, 0.1) is 5.41 Å². The highest BCUT2D eigenvalue weighted by molar-refractivity contribution is 5.87. The van der Waals surface area contributed by atoms with E-state index in [9.17, 15) is 9.59 Å². The number of carbonyl (C=O) groups is 2. The van der Waals surface area contributed by atoms with Crippen LogP contribution in [0.15, 0.2) is 24.5 Å². The maximum absolute atomic E-state index is 13.7. The fourth-order valence-corrected chi connectivity index (χ4v) is 5.81. The fourth-order valence-electron chi connectivity index (χ4n) is 5.81. The van der Waals surface area contributed by atoms with Crippen LogP contribution in [-0.2, 0) is 16.0 Å². The standard InChI is InChI=1S/C23H34N4O2/c1-3-23(22(29)26-13-5-12-25(2)14-15-26)16-19-8-9-20(23)27(19)21(28)10-7-18-6-4-11-24-17-18/h4,6,11,17,19-20H,3,5,7-10,12-16H2,1-2H3/t19-,20+,23+/m0/s1. The molecular formula is C23H34N4O2. The summed E-state index contributed by atoms with van der Waals surface area (Å²) in [4.78, 5) is 37.5. The number of pyridine rings is 1. The Balaban J connectivity index is 1.47. The molecule has 158 valence electrons. The lowest BCUT2D eigenvalue weighted by Gasteiger charge is -2.39. The number of amides is 2. The van der Waals surface area contributed by atoms with Gasteiger partial charge in [0.1, 0.15) is 0 Å². The zero-order valence-electron chi connectivity index (χ0n) is 17.8. The highest BCUT2D eigenvalue weighted by Gasteiger charge is 2.60. The molecule has 2 amide bonds. The molecule has 3 aliphatic rings. The molecule has 29 heavy (non-hydrogen) atoms. The van der Waals surface area contributed by atoms with Crippen LogP contribution in [0.5, 0.6) is 0 Å². The Labute approximate surface area is 174 Å². The number of aryl methyl sites for hydroxylation is 1. The van der Waals surface area contributed by atoms with E-state index in [0.29, 0.717) is 18.7 Å². The summed E-state index contributed by atoms with van der Waals surface area (Å²) >= 11 is 0. The number of carbonyl (C=O) groups excluding carboxylic acids is 2. The van der Waals surface area contributed by atoms with Gasteiger partial charge in [-0.3, -0.25) is 14.6 Å². The number of nitrogens with zero attached hydrogens (tertiary/aromatic N) is 4. The highest BCUT2D eigenvalue weighted by atomic mass is 16.2. The SMILES string of the molecule is CC[C@@]1(C(=O)N2CCCN(C)CC2)C[C@@H]2CC[C@H]1N2C(=O)CCc1cccnc1. The van der Waals surface area contributed by atoms with Crippen molar-refractivity contribution in [3.63, 3.8) is 0 Å². The van der Waals surface area contributed by atoms with Crippen molar-refractivity contribution in [3.05, 3.63) is 30.1 Å². The van der Waals surface area contributed by atoms with Crippen LogP contribution < -0.4 is 0 Å². The van der Waals surface area contributed by atoms with Gasteiger partial charge in [0.25, 0.3) is 0 Å². The number of hydrogen-bond donors (Lipinski definition) is 0. The second kappa shape index (κ2) is 8.42. The monoisotopic (exact) mass is 398 g/mol. The number of hydrogen-bond acceptors (Lipinski definition) is 4. The van der Waals surface area contributed by atoms with Crippen molar-refractivity contribution in [2.75, 3.05) is 33.2 Å². The summed E-state index contributed by atoms with van der Waals surface area (Å²) in [5.74, 6) is 0.507. The van der Waals surface area contributed by atoms with Crippen molar-refractivity contribution in [3.8, 4) is 0 Å². The van der Waals surface area contributed by atoms with Gasteiger partial charge in [-0.05, 0) is 63.7 Å². The van der Waals surface area contributed by atoms with E-state index in [1.165, 1.54) is 0 Å². The first-order chi connectivity index (χ1) is 14.0. The summed E-state index contributed by atoms with van der Waals surface area (Å²) in [6, 6.07) is 4.25. The molecule has 4 rings (SSSR count). The Bertz CT molecular complexity index is 740. The second-order valence-electron chi connectivity index (χ2n) is 9.07. The molecule has 4 heterocycles. The summed E-state index contributed by atoms with van der Waals surface area (Å²) in [6.45, 7) is 5.78. The molecule has 0 N–H and O–H groups in total. The van der Waals surface area contributed by atoms with Crippen LogP contribution in [0.1, 0.15) is 51.0 Å². The minimum absolute atomic E-state index is 0.0763. The van der Waals surface area contributed by atoms with Crippen molar-refractivity contribution in [2.24, 2.45) is 5.41 Å². The molecule has 1 aromatic heterocycles. The third kappa shape index (κ3) is 3.79. The smallest absolute Gasteiger partial charge is 0.230 e. The lowest BCUT2D eigenvalue weighted by molar-refractivity contribution is -0.145. The van der Waals surface area contributed by atoms with Crippen molar-refractivity contribution < 1.29 is 9.59 Å². The van der Waals surface area contributed by atoms with Crippen molar-refractivity contribution >= 4 is 11.8 Å². The number of fused-ring (bicyclic) bond motifs is 2. The molecule has 3 atom stereocenters. The van der Waals surface area contributed by atoms with E-state index in [1.807, 2.05) is 18.3 Å². The van der Waals surface area contributed by atoms with Crippen LogP contribution in [-0.4, -0.2) is 76.8 Å². The van der Waals surface area contributed by atoms with E-state index in [2.05, 4.69) is 33.7 Å². The second-order valence-corrected chi connectivity index (χ2v) is 9.07. The van der Waals surface area contributed by atoms with E-state index in [0.717, 1.165) is 63.8 Å². The van der Waals surface area contributed by atoms with Gasteiger partial charge in [0.15, 0.2) is 0 Å². The van der Waals surface area contributed by atoms with Gasteiger partial charge in [-0.2, -0.15) is 0 Å². The first-order valence-electron chi connectivity index (χ1n) is 11.2. The maximum Gasteiger partial charge on any atom is 0.230 e. The predicted octanol–water partition coefficient (Wildman–Crippen LogP) is 2.34. The van der Waals surface area contributed by atoms with Gasteiger partial charge in [0.2, 0.25) is 11.8 Å². The zero-order valence-corrected chi connectivity index (χ0v) is 17.8. The fraction of sp³-hybridized carbons (Fsp3) is 0.696. The summed E-state index contributed by atoms with van der Waals surface area (Å²) < 4.78 is 0. The molecule has 3 fully saturated rings. The molecular weight excluding hydrogens is 364 g/mol. The van der Waals surface area contributed by atoms with Crippen LogP contribution in [0.25, 0.3) is 0 Å². The van der Waals surface area contributed by atoms with Crippen LogP contribution in [0.3, 0.4) is 0 Å². The Hall–Kier alpha value is -1.95. The quantitative estimate of drug-likeness (QED) is 0.764. The minimum Gasteiger partial charge on any atom is -0.341 e. The number of aromatic nitrogens is 1. The van der Waals surface area contributed by atoms with E-state index in [-0.39, 0.29) is 23.4 Å². The molecule has 0 spiro atoms. The molecule has 3 aliphatic heterocycles. The van der Waals surface area contributed by atoms with Gasteiger partial charge < -0.3 is 14.7 Å². The average molecular weight is 399 g/mol. The molecule has 0 aromatic carbocycles. The zero-order chi connectivity index (χ0) is 20.4. The van der Waals surface area contributed by atoms with Crippen molar-refractivity contribution in [1.29, 1.82) is 0 Å². The molecule has 6 nitrogen and oxygen atoms in total. The molecule has 0 aliphatic carbocycles. The third-order valence-electron chi connectivity index (χ3n) is 7.44. The lowest BCUT2D eigenvalue weighted by Crippen LogP contribution is -2.51. The Morgan fingerprint density at radius 2 is 2.07 bits per heavy atom. The van der Waals surface area contributed by atoms with E-state index >= 15 is 0 Å². The van der Waals surface area contributed by atoms with E-state index in [1.54, 1.807) is 6.20 Å². The minimum atomic E-state index is -0.379. The topological polar surface area (TPSA) is 56.8 Å². The lowest BCUT2D eigenvalue weighted by atomic mass is 9.70. The third-order valence-corrected chi connectivity index (χ3v) is 7.44. The summed E-state index contributed by atoms with van der Waals surface area (Å²) in [6.07, 6.45) is 9.52. The van der Waals surface area contributed by atoms with Crippen LogP contribution in [0.2, 0.25) is 0 Å². The number of rotatable bonds is 5. The summed E-state index contributed by atoms with van der Waals surface area (Å²) in [5.41, 5.74) is 0.717. The first-order valence-corrected chi connectivity index (χ1v) is 11.2. The van der Waals surface area contributed by atoms with E-state index < -0.39 is 0 Å². The molecule has 0 radical (unpaired) electrons. The Kier molecular flexibility index (Phi) is 5.91. The van der Waals surface area contributed by atoms with Crippen LogP contribution >= 0.6 is 0 Å². The first kappa shape index (κ1) is 20.3. The van der Waals surface area contributed by atoms with Crippen molar-refractivity contribution in [1.82, 2.24) is 19.7 Å². The summed E-state index contributed by atoms with van der Waals surface area (Å²) in [7, 11) is 2.13. The average Bonchev–Trinajstić information content (AvgIpc) is 3.22. The highest BCUT2D eigenvalue weighted by Crippen LogP contribution is 2.53. The van der Waals surface area contributed by atoms with Gasteiger partial charge >= 0.3 is 0 Å². The normalized spacial score (nSPS) is 29.9. The Morgan fingerprint density at radius 1 is 1.21 bits per heavy atom. The van der Waals surface area contributed by atoms with Gasteiger partial charge in [0, 0.05) is 50.5 Å². The number of likely N-dealkylation sites (N-methyl/N-ethyl adjacent to an activating group) is 1. The van der Waals surface area contributed by atoms with Crippen molar-refractivity contribution in [2.45, 2.75) is 64.0 Å². The van der Waals surface area contributed by atoms with Gasteiger partial charge in [-0.15, -0.1) is 0 Å². The van der Waals surface area contributed by atoms with Crippen LogP contribution in [0.4, 0.5) is 0 Å². The molecule has 2 bridgehead atoms. The molecule has 0 saturated carbocycles. The maximum atomic E-state index is 13.7. The molecule has 1 aromatic rings. The molecule has 6 heteroatoms. The van der Waals surface area contributed by atoms with Crippen LogP contribution in [0, 0.1) is 5.41 Å². The largest absolute Gasteiger partial charge is 0.341 e. The molecule has 0 unspecified atom stereocenters. The predicted molar refractivity (Wildman–Crippen MR) is 112 cm³/mol. The van der Waals surface area contributed by atoms with Gasteiger partial charge in [-0.25, -0.2) is 0 Å².